The SMILES string of the molecule is C=C[C@@H]1C[C@H](C(=O)O)NC1[C@H](CN(C)Cc1ccccc1)NC(C)=O. The fourth-order valence-corrected chi connectivity index (χ4v) is 3.48. The topological polar surface area (TPSA) is 81.7 Å². The zero-order valence-electron chi connectivity index (χ0n) is 14.8. The minimum Gasteiger partial charge on any atom is -0.480 e. The summed E-state index contributed by atoms with van der Waals surface area (Å²) in [5, 5.41) is 15.4. The van der Waals surface area contributed by atoms with Crippen molar-refractivity contribution in [2.24, 2.45) is 5.92 Å². The second-order valence-electron chi connectivity index (χ2n) is 6.71. The molecule has 6 heteroatoms. The van der Waals surface area contributed by atoms with E-state index in [4.69, 9.17) is 0 Å². The van der Waals surface area contributed by atoms with Gasteiger partial charge < -0.3 is 15.3 Å². The van der Waals surface area contributed by atoms with Crippen LogP contribution in [0.15, 0.2) is 43.0 Å². The summed E-state index contributed by atoms with van der Waals surface area (Å²) in [5.74, 6) is -0.988. The van der Waals surface area contributed by atoms with E-state index in [-0.39, 0.29) is 23.9 Å². The minimum atomic E-state index is -0.867. The van der Waals surface area contributed by atoms with Crippen molar-refractivity contribution < 1.29 is 14.7 Å². The van der Waals surface area contributed by atoms with Gasteiger partial charge in [0, 0.05) is 26.1 Å². The number of nitrogens with one attached hydrogen (secondary N) is 2. The summed E-state index contributed by atoms with van der Waals surface area (Å²) in [6, 6.07) is 9.14. The number of amides is 1. The van der Waals surface area contributed by atoms with Gasteiger partial charge in [-0.25, -0.2) is 0 Å². The van der Waals surface area contributed by atoms with Gasteiger partial charge in [-0.3, -0.25) is 14.9 Å². The molecule has 0 aliphatic carbocycles. The first-order valence-corrected chi connectivity index (χ1v) is 8.51. The Morgan fingerprint density at radius 2 is 2.12 bits per heavy atom. The van der Waals surface area contributed by atoms with E-state index in [1.807, 2.05) is 25.2 Å². The molecule has 0 saturated carbocycles. The van der Waals surface area contributed by atoms with Crippen molar-refractivity contribution in [1.82, 2.24) is 15.5 Å². The third kappa shape index (κ3) is 5.41. The Bertz CT molecular complexity index is 605. The molecule has 1 aliphatic rings. The molecule has 3 N–H and O–H groups in total. The number of rotatable bonds is 8. The molecule has 25 heavy (non-hydrogen) atoms. The molecule has 1 heterocycles. The number of carbonyl (C=O) groups is 2. The molecule has 136 valence electrons. The van der Waals surface area contributed by atoms with Crippen molar-refractivity contribution in [1.29, 1.82) is 0 Å². The molecular weight excluding hydrogens is 318 g/mol. The second-order valence-corrected chi connectivity index (χ2v) is 6.71. The van der Waals surface area contributed by atoms with Gasteiger partial charge >= 0.3 is 5.97 Å². The Balaban J connectivity index is 2.08. The first-order chi connectivity index (χ1) is 11.9. The Hall–Kier alpha value is -2.18. The van der Waals surface area contributed by atoms with Gasteiger partial charge in [-0.15, -0.1) is 6.58 Å². The summed E-state index contributed by atoms with van der Waals surface area (Å²) in [5.41, 5.74) is 1.19. The molecule has 1 aromatic rings. The van der Waals surface area contributed by atoms with Gasteiger partial charge in [0.25, 0.3) is 0 Å². The Morgan fingerprint density at radius 3 is 2.68 bits per heavy atom. The average molecular weight is 345 g/mol. The molecule has 0 aromatic heterocycles. The normalized spacial score (nSPS) is 24.0. The molecular formula is C19H27N3O3. The predicted octanol–water partition coefficient (Wildman–Crippen LogP) is 1.24. The summed E-state index contributed by atoms with van der Waals surface area (Å²) in [7, 11) is 1.99. The van der Waals surface area contributed by atoms with Gasteiger partial charge in [-0.1, -0.05) is 36.4 Å². The zero-order chi connectivity index (χ0) is 18.4. The molecule has 1 aliphatic heterocycles. The van der Waals surface area contributed by atoms with E-state index in [2.05, 4.69) is 34.2 Å². The van der Waals surface area contributed by atoms with Gasteiger partial charge in [0.15, 0.2) is 0 Å². The maximum absolute atomic E-state index is 11.7. The molecule has 1 unspecified atom stereocenters. The Kier molecular flexibility index (Phi) is 6.73. The molecule has 0 bridgehead atoms. The number of likely N-dealkylation sites (N-methyl/N-ethyl adjacent to an activating group) is 1. The van der Waals surface area contributed by atoms with Crippen LogP contribution < -0.4 is 10.6 Å². The lowest BCUT2D eigenvalue weighted by atomic mass is 9.93. The van der Waals surface area contributed by atoms with E-state index in [1.54, 1.807) is 6.08 Å². The highest BCUT2D eigenvalue weighted by Gasteiger charge is 2.40. The lowest BCUT2D eigenvalue weighted by Gasteiger charge is -2.31. The minimum absolute atomic E-state index is 0.00285. The van der Waals surface area contributed by atoms with Crippen LogP contribution in [-0.2, 0) is 16.1 Å². The highest BCUT2D eigenvalue weighted by molar-refractivity contribution is 5.75. The smallest absolute Gasteiger partial charge is 0.320 e. The number of carboxylic acids is 1. The van der Waals surface area contributed by atoms with Crippen LogP contribution in [0.1, 0.15) is 18.9 Å². The maximum Gasteiger partial charge on any atom is 0.320 e. The van der Waals surface area contributed by atoms with Crippen LogP contribution in [0.4, 0.5) is 0 Å². The number of hydrogen-bond donors (Lipinski definition) is 3. The third-order valence-electron chi connectivity index (χ3n) is 4.59. The van der Waals surface area contributed by atoms with E-state index in [1.165, 1.54) is 12.5 Å². The van der Waals surface area contributed by atoms with Gasteiger partial charge in [-0.05, 0) is 24.9 Å². The molecule has 1 aromatic carbocycles. The largest absolute Gasteiger partial charge is 0.480 e. The molecule has 1 amide bonds. The third-order valence-corrected chi connectivity index (χ3v) is 4.59. The fourth-order valence-electron chi connectivity index (χ4n) is 3.48. The monoisotopic (exact) mass is 345 g/mol. The highest BCUT2D eigenvalue weighted by atomic mass is 16.4. The van der Waals surface area contributed by atoms with Crippen LogP contribution in [0.2, 0.25) is 0 Å². The van der Waals surface area contributed by atoms with Crippen LogP contribution in [-0.4, -0.2) is 53.6 Å². The van der Waals surface area contributed by atoms with Crippen molar-refractivity contribution in [2.75, 3.05) is 13.6 Å². The fraction of sp³-hybridized carbons (Fsp3) is 0.474. The molecule has 4 atom stereocenters. The molecule has 6 nitrogen and oxygen atoms in total. The highest BCUT2D eigenvalue weighted by Crippen LogP contribution is 2.25. The number of nitrogens with zero attached hydrogens (tertiary/aromatic N) is 1. The number of benzene rings is 1. The van der Waals surface area contributed by atoms with Gasteiger partial charge in [-0.2, -0.15) is 0 Å². The first-order valence-electron chi connectivity index (χ1n) is 8.51. The van der Waals surface area contributed by atoms with Crippen molar-refractivity contribution in [2.45, 2.75) is 38.0 Å². The quantitative estimate of drug-likeness (QED) is 0.618. The van der Waals surface area contributed by atoms with Gasteiger partial charge in [0.05, 0.1) is 6.04 Å². The van der Waals surface area contributed by atoms with Crippen LogP contribution >= 0.6 is 0 Å². The lowest BCUT2D eigenvalue weighted by molar-refractivity contribution is -0.139. The summed E-state index contributed by atoms with van der Waals surface area (Å²) in [6.45, 7) is 6.69. The maximum atomic E-state index is 11.7. The van der Waals surface area contributed by atoms with E-state index >= 15 is 0 Å². The van der Waals surface area contributed by atoms with Crippen molar-refractivity contribution in [3.05, 3.63) is 48.6 Å². The molecule has 1 fully saturated rings. The van der Waals surface area contributed by atoms with Gasteiger partial charge in [0.1, 0.15) is 6.04 Å². The second kappa shape index (κ2) is 8.78. The number of carbonyl (C=O) groups excluding carboxylic acids is 1. The number of aliphatic carboxylic acids is 1. The predicted molar refractivity (Wildman–Crippen MR) is 97.0 cm³/mol. The lowest BCUT2D eigenvalue weighted by Crippen LogP contribution is -2.55. The summed E-state index contributed by atoms with van der Waals surface area (Å²) in [4.78, 5) is 25.1. The van der Waals surface area contributed by atoms with Gasteiger partial charge in [0.2, 0.25) is 5.91 Å². The standard InChI is InChI=1S/C19H27N3O3/c1-4-15-10-16(19(24)25)21-18(15)17(20-13(2)23)12-22(3)11-14-8-6-5-7-9-14/h4-9,15-18,21H,1,10-12H2,2-3H3,(H,20,23)(H,24,25)/t15-,16-,17+,18?/m1/s1. The summed E-state index contributed by atoms with van der Waals surface area (Å²) in [6.07, 6.45) is 2.27. The van der Waals surface area contributed by atoms with Crippen molar-refractivity contribution in [3.63, 3.8) is 0 Å². The van der Waals surface area contributed by atoms with Crippen molar-refractivity contribution in [3.8, 4) is 0 Å². The summed E-state index contributed by atoms with van der Waals surface area (Å²) >= 11 is 0. The molecule has 1 saturated heterocycles. The molecule has 0 radical (unpaired) electrons. The first kappa shape index (κ1) is 19.1. The van der Waals surface area contributed by atoms with E-state index in [0.717, 1.165) is 6.54 Å². The van der Waals surface area contributed by atoms with E-state index in [9.17, 15) is 14.7 Å². The number of carboxylic acid groups (broad SMARTS) is 1. The van der Waals surface area contributed by atoms with E-state index < -0.39 is 12.0 Å². The molecule has 0 spiro atoms. The molecule has 2 rings (SSSR count). The van der Waals surface area contributed by atoms with Crippen LogP contribution in [0.3, 0.4) is 0 Å². The van der Waals surface area contributed by atoms with E-state index in [0.29, 0.717) is 13.0 Å². The summed E-state index contributed by atoms with van der Waals surface area (Å²) < 4.78 is 0. The van der Waals surface area contributed by atoms with Crippen LogP contribution in [0.25, 0.3) is 0 Å². The average Bonchev–Trinajstić information content (AvgIpc) is 2.99. The van der Waals surface area contributed by atoms with Crippen molar-refractivity contribution >= 4 is 11.9 Å². The Labute approximate surface area is 148 Å². The number of hydrogen-bond acceptors (Lipinski definition) is 4. The Morgan fingerprint density at radius 1 is 1.44 bits per heavy atom. The van der Waals surface area contributed by atoms with Crippen LogP contribution in [0.5, 0.6) is 0 Å². The zero-order valence-corrected chi connectivity index (χ0v) is 14.8. The van der Waals surface area contributed by atoms with Crippen LogP contribution in [0, 0.1) is 5.92 Å².